The highest BCUT2D eigenvalue weighted by Gasteiger charge is 2.45. The van der Waals surface area contributed by atoms with E-state index in [9.17, 15) is 0 Å². The third-order valence-electron chi connectivity index (χ3n) is 4.64. The number of aryl methyl sites for hydroxylation is 1. The third kappa shape index (κ3) is 2.27. The van der Waals surface area contributed by atoms with E-state index in [2.05, 4.69) is 42.7 Å². The zero-order chi connectivity index (χ0) is 13.5. The average Bonchev–Trinajstić information content (AvgIpc) is 3.10. The van der Waals surface area contributed by atoms with Crippen LogP contribution in [0.1, 0.15) is 32.5 Å². The van der Waals surface area contributed by atoms with E-state index in [1.54, 1.807) is 0 Å². The minimum absolute atomic E-state index is 0.491. The van der Waals surface area contributed by atoms with Crippen LogP contribution in [0.5, 0.6) is 0 Å². The summed E-state index contributed by atoms with van der Waals surface area (Å²) < 4.78 is 2.41. The van der Waals surface area contributed by atoms with Crippen LogP contribution in [-0.4, -0.2) is 15.4 Å². The lowest BCUT2D eigenvalue weighted by molar-refractivity contribution is 0.309. The van der Waals surface area contributed by atoms with Gasteiger partial charge in [-0.05, 0) is 36.3 Å². The maximum Gasteiger partial charge on any atom is 0.111 e. The Hall–Kier alpha value is -1.02. The van der Waals surface area contributed by atoms with Gasteiger partial charge in [0.1, 0.15) is 5.82 Å². The molecule has 2 nitrogen and oxygen atoms in total. The summed E-state index contributed by atoms with van der Waals surface area (Å²) in [7, 11) is 0. The SMILES string of the molecule is CC(C)C1(Cn2c(CCCl)nc3ccccc32)CC1. The second-order valence-electron chi connectivity index (χ2n) is 6.06. The zero-order valence-corrected chi connectivity index (χ0v) is 12.5. The number of rotatable bonds is 5. The molecule has 0 bridgehead atoms. The van der Waals surface area contributed by atoms with Gasteiger partial charge in [-0.3, -0.25) is 0 Å². The molecule has 3 heteroatoms. The molecule has 1 aliphatic rings. The first kappa shape index (κ1) is 13.0. The molecule has 0 radical (unpaired) electrons. The minimum atomic E-state index is 0.491. The Morgan fingerprint density at radius 2 is 2.05 bits per heavy atom. The molecule has 0 unspecified atom stereocenters. The van der Waals surface area contributed by atoms with Crippen molar-refractivity contribution in [3.63, 3.8) is 0 Å². The van der Waals surface area contributed by atoms with E-state index in [-0.39, 0.29) is 0 Å². The molecule has 1 heterocycles. The van der Waals surface area contributed by atoms with Gasteiger partial charge in [-0.2, -0.15) is 0 Å². The van der Waals surface area contributed by atoms with E-state index in [1.165, 1.54) is 18.4 Å². The number of benzene rings is 1. The molecule has 102 valence electrons. The molecule has 1 fully saturated rings. The van der Waals surface area contributed by atoms with Gasteiger partial charge in [-0.1, -0.05) is 26.0 Å². The van der Waals surface area contributed by atoms with Gasteiger partial charge in [0, 0.05) is 18.8 Å². The first-order valence-corrected chi connectivity index (χ1v) is 7.70. The van der Waals surface area contributed by atoms with Crippen molar-refractivity contribution in [1.29, 1.82) is 0 Å². The molecule has 1 saturated carbocycles. The van der Waals surface area contributed by atoms with Crippen molar-refractivity contribution in [2.75, 3.05) is 5.88 Å². The van der Waals surface area contributed by atoms with Crippen molar-refractivity contribution < 1.29 is 0 Å². The van der Waals surface area contributed by atoms with E-state index in [1.807, 2.05) is 0 Å². The molecular weight excluding hydrogens is 256 g/mol. The fourth-order valence-electron chi connectivity index (χ4n) is 2.97. The van der Waals surface area contributed by atoms with Gasteiger partial charge < -0.3 is 4.57 Å². The predicted octanol–water partition coefficient (Wildman–Crippen LogP) is 4.25. The number of para-hydroxylation sites is 2. The smallest absolute Gasteiger partial charge is 0.111 e. The van der Waals surface area contributed by atoms with Crippen LogP contribution in [0.3, 0.4) is 0 Å². The Morgan fingerprint density at radius 1 is 1.32 bits per heavy atom. The molecule has 3 rings (SSSR count). The second kappa shape index (κ2) is 4.82. The number of hydrogen-bond donors (Lipinski definition) is 0. The van der Waals surface area contributed by atoms with Gasteiger partial charge in [0.05, 0.1) is 11.0 Å². The van der Waals surface area contributed by atoms with E-state index in [4.69, 9.17) is 16.6 Å². The van der Waals surface area contributed by atoms with Crippen molar-refractivity contribution in [2.45, 2.75) is 39.7 Å². The number of aromatic nitrogens is 2. The summed E-state index contributed by atoms with van der Waals surface area (Å²) in [6, 6.07) is 8.43. The van der Waals surface area contributed by atoms with Crippen LogP contribution in [0, 0.1) is 11.3 Å². The van der Waals surface area contributed by atoms with Gasteiger partial charge in [0.25, 0.3) is 0 Å². The molecule has 0 atom stereocenters. The maximum absolute atomic E-state index is 5.93. The highest BCUT2D eigenvalue weighted by molar-refractivity contribution is 6.17. The molecule has 0 spiro atoms. The fourth-order valence-corrected chi connectivity index (χ4v) is 3.14. The van der Waals surface area contributed by atoms with Crippen molar-refractivity contribution >= 4 is 22.6 Å². The Balaban J connectivity index is 2.02. The quantitative estimate of drug-likeness (QED) is 0.747. The molecule has 0 saturated heterocycles. The summed E-state index contributed by atoms with van der Waals surface area (Å²) in [4.78, 5) is 4.75. The molecule has 0 amide bonds. The van der Waals surface area contributed by atoms with Crippen LogP contribution in [0.15, 0.2) is 24.3 Å². The van der Waals surface area contributed by atoms with E-state index < -0.39 is 0 Å². The van der Waals surface area contributed by atoms with Crippen LogP contribution in [0.25, 0.3) is 11.0 Å². The van der Waals surface area contributed by atoms with Crippen molar-refractivity contribution in [1.82, 2.24) is 9.55 Å². The Morgan fingerprint density at radius 3 is 2.68 bits per heavy atom. The molecule has 1 aromatic heterocycles. The number of imidazole rings is 1. The number of hydrogen-bond acceptors (Lipinski definition) is 1. The predicted molar refractivity (Wildman–Crippen MR) is 80.7 cm³/mol. The van der Waals surface area contributed by atoms with Crippen molar-refractivity contribution in [3.05, 3.63) is 30.1 Å². The number of nitrogens with zero attached hydrogens (tertiary/aromatic N) is 2. The lowest BCUT2D eigenvalue weighted by atomic mass is 9.92. The zero-order valence-electron chi connectivity index (χ0n) is 11.7. The van der Waals surface area contributed by atoms with E-state index in [0.717, 1.165) is 30.2 Å². The summed E-state index contributed by atoms with van der Waals surface area (Å²) >= 11 is 5.93. The Labute approximate surface area is 119 Å². The summed E-state index contributed by atoms with van der Waals surface area (Å²) in [5.74, 6) is 2.51. The van der Waals surface area contributed by atoms with E-state index >= 15 is 0 Å². The number of fused-ring (bicyclic) bond motifs is 1. The summed E-state index contributed by atoms with van der Waals surface area (Å²) in [5, 5.41) is 0. The van der Waals surface area contributed by atoms with E-state index in [0.29, 0.717) is 11.3 Å². The molecule has 1 aromatic carbocycles. The third-order valence-corrected chi connectivity index (χ3v) is 4.83. The first-order chi connectivity index (χ1) is 9.16. The van der Waals surface area contributed by atoms with Gasteiger partial charge in [-0.15, -0.1) is 11.6 Å². The minimum Gasteiger partial charge on any atom is -0.327 e. The fraction of sp³-hybridized carbons (Fsp3) is 0.562. The van der Waals surface area contributed by atoms with Crippen LogP contribution >= 0.6 is 11.6 Å². The molecule has 0 N–H and O–H groups in total. The number of halogens is 1. The molecule has 1 aliphatic carbocycles. The largest absolute Gasteiger partial charge is 0.327 e. The lowest BCUT2D eigenvalue weighted by Crippen LogP contribution is -2.19. The van der Waals surface area contributed by atoms with Crippen LogP contribution < -0.4 is 0 Å². The Kier molecular flexibility index (Phi) is 3.30. The Bertz CT molecular complexity index is 581. The second-order valence-corrected chi connectivity index (χ2v) is 6.44. The number of alkyl halides is 1. The highest BCUT2D eigenvalue weighted by atomic mass is 35.5. The van der Waals surface area contributed by atoms with Crippen molar-refractivity contribution in [2.24, 2.45) is 11.3 Å². The molecular formula is C16H21ClN2. The summed E-state index contributed by atoms with van der Waals surface area (Å²) in [5.41, 5.74) is 2.85. The van der Waals surface area contributed by atoms with Crippen LogP contribution in [-0.2, 0) is 13.0 Å². The molecule has 19 heavy (non-hydrogen) atoms. The van der Waals surface area contributed by atoms with Crippen LogP contribution in [0.4, 0.5) is 0 Å². The van der Waals surface area contributed by atoms with Crippen LogP contribution in [0.2, 0.25) is 0 Å². The lowest BCUT2D eigenvalue weighted by Gasteiger charge is -2.22. The maximum atomic E-state index is 5.93. The van der Waals surface area contributed by atoms with Gasteiger partial charge in [-0.25, -0.2) is 4.98 Å². The highest BCUT2D eigenvalue weighted by Crippen LogP contribution is 2.53. The monoisotopic (exact) mass is 276 g/mol. The first-order valence-electron chi connectivity index (χ1n) is 7.16. The normalized spacial score (nSPS) is 17.3. The standard InChI is InChI=1S/C16H21ClN2/c1-12(2)16(8-9-16)11-19-14-6-4-3-5-13(14)18-15(19)7-10-17/h3-6,12H,7-11H2,1-2H3. The summed E-state index contributed by atoms with van der Waals surface area (Å²) in [6.07, 6.45) is 3.54. The molecule has 0 aliphatic heterocycles. The average molecular weight is 277 g/mol. The van der Waals surface area contributed by atoms with Crippen molar-refractivity contribution in [3.8, 4) is 0 Å². The summed E-state index contributed by atoms with van der Waals surface area (Å²) in [6.45, 7) is 5.78. The van der Waals surface area contributed by atoms with Gasteiger partial charge in [0.15, 0.2) is 0 Å². The van der Waals surface area contributed by atoms with Gasteiger partial charge in [0.2, 0.25) is 0 Å². The topological polar surface area (TPSA) is 17.8 Å². The molecule has 2 aromatic rings. The van der Waals surface area contributed by atoms with Gasteiger partial charge >= 0.3 is 0 Å².